The molecule has 2 nitrogen and oxygen atoms in total. The van der Waals surface area contributed by atoms with Crippen molar-refractivity contribution < 1.29 is 9.47 Å². The van der Waals surface area contributed by atoms with Crippen molar-refractivity contribution in [3.05, 3.63) is 22.4 Å². The average Bonchev–Trinajstić information content (AvgIpc) is 2.98. The molecular formula is C15H21BrO2S. The van der Waals surface area contributed by atoms with Gasteiger partial charge in [0.05, 0.1) is 23.9 Å². The molecule has 2 aliphatic heterocycles. The maximum atomic E-state index is 6.43. The highest BCUT2D eigenvalue weighted by molar-refractivity contribution is 9.09. The first-order chi connectivity index (χ1) is 8.96. The molecule has 106 valence electrons. The summed E-state index contributed by atoms with van der Waals surface area (Å²) in [7, 11) is 0. The van der Waals surface area contributed by atoms with Crippen molar-refractivity contribution in [2.24, 2.45) is 5.92 Å². The summed E-state index contributed by atoms with van der Waals surface area (Å²) in [4.78, 5) is 0.450. The Morgan fingerprint density at radius 2 is 2.32 bits per heavy atom. The minimum atomic E-state index is -0.130. The van der Waals surface area contributed by atoms with Gasteiger partial charge in [-0.25, -0.2) is 0 Å². The van der Waals surface area contributed by atoms with Gasteiger partial charge in [-0.1, -0.05) is 29.8 Å². The predicted octanol–water partition coefficient (Wildman–Crippen LogP) is 4.37. The van der Waals surface area contributed by atoms with Crippen LogP contribution in [-0.2, 0) is 16.1 Å². The molecule has 2 fully saturated rings. The topological polar surface area (TPSA) is 18.5 Å². The first kappa shape index (κ1) is 14.1. The Hall–Kier alpha value is 0.1000. The van der Waals surface area contributed by atoms with Crippen LogP contribution in [0.3, 0.4) is 0 Å². The highest BCUT2D eigenvalue weighted by atomic mass is 79.9. The highest BCUT2D eigenvalue weighted by Gasteiger charge is 2.65. The van der Waals surface area contributed by atoms with Gasteiger partial charge in [0.1, 0.15) is 0 Å². The van der Waals surface area contributed by atoms with E-state index in [1.54, 1.807) is 11.3 Å². The summed E-state index contributed by atoms with van der Waals surface area (Å²) in [5.74, 6) is 0.508. The number of thiophene rings is 1. The third-order valence-electron chi connectivity index (χ3n) is 4.73. The summed E-state index contributed by atoms with van der Waals surface area (Å²) < 4.78 is 12.6. The fourth-order valence-corrected chi connectivity index (χ4v) is 5.57. The lowest BCUT2D eigenvalue weighted by molar-refractivity contribution is -0.0955. The number of alkyl halides is 1. The zero-order valence-electron chi connectivity index (χ0n) is 11.7. The Morgan fingerprint density at radius 3 is 2.89 bits per heavy atom. The normalized spacial score (nSPS) is 41.3. The molecule has 2 saturated heterocycles. The van der Waals surface area contributed by atoms with Gasteiger partial charge in [-0.3, -0.25) is 0 Å². The van der Waals surface area contributed by atoms with Gasteiger partial charge < -0.3 is 9.47 Å². The molecule has 1 aromatic rings. The van der Waals surface area contributed by atoms with Crippen LogP contribution < -0.4 is 0 Å². The van der Waals surface area contributed by atoms with Crippen molar-refractivity contribution in [1.82, 2.24) is 0 Å². The third-order valence-corrected chi connectivity index (χ3v) is 6.56. The van der Waals surface area contributed by atoms with E-state index >= 15 is 0 Å². The summed E-state index contributed by atoms with van der Waals surface area (Å²) in [6, 6.07) is 2.13. The molecule has 2 aliphatic rings. The Morgan fingerprint density at radius 1 is 1.53 bits per heavy atom. The Labute approximate surface area is 127 Å². The SMILES string of the molecule is CC(C)C12CC(OCc3ccsc3)C(C)(CC1Br)O2. The second-order valence-electron chi connectivity index (χ2n) is 6.33. The van der Waals surface area contributed by atoms with Gasteiger partial charge >= 0.3 is 0 Å². The first-order valence-electron chi connectivity index (χ1n) is 6.93. The number of ether oxygens (including phenoxy) is 2. The van der Waals surface area contributed by atoms with Crippen molar-refractivity contribution in [2.75, 3.05) is 0 Å². The highest BCUT2D eigenvalue weighted by Crippen LogP contribution is 2.57. The summed E-state index contributed by atoms with van der Waals surface area (Å²) in [6.07, 6.45) is 2.25. The number of fused-ring (bicyclic) bond motifs is 2. The lowest BCUT2D eigenvalue weighted by Crippen LogP contribution is -2.44. The predicted molar refractivity (Wildman–Crippen MR) is 81.9 cm³/mol. The van der Waals surface area contributed by atoms with Gasteiger partial charge in [0.15, 0.2) is 0 Å². The molecule has 3 heterocycles. The molecule has 1 aromatic heterocycles. The second-order valence-corrected chi connectivity index (χ2v) is 8.22. The van der Waals surface area contributed by atoms with Crippen molar-refractivity contribution in [2.45, 2.75) is 62.4 Å². The summed E-state index contributed by atoms with van der Waals surface area (Å²) in [5.41, 5.74) is 1.09. The van der Waals surface area contributed by atoms with Gasteiger partial charge in [0.2, 0.25) is 0 Å². The van der Waals surface area contributed by atoms with Gasteiger partial charge in [-0.05, 0) is 41.7 Å². The molecule has 0 aromatic carbocycles. The maximum Gasteiger partial charge on any atom is 0.0936 e. The van der Waals surface area contributed by atoms with Gasteiger partial charge in [0, 0.05) is 11.2 Å². The van der Waals surface area contributed by atoms with Crippen LogP contribution in [0.25, 0.3) is 0 Å². The van der Waals surface area contributed by atoms with E-state index in [0.717, 1.165) is 12.8 Å². The summed E-state index contributed by atoms with van der Waals surface area (Å²) in [6.45, 7) is 7.41. The van der Waals surface area contributed by atoms with Crippen LogP contribution >= 0.6 is 27.3 Å². The molecule has 4 heteroatoms. The number of rotatable bonds is 4. The maximum absolute atomic E-state index is 6.43. The van der Waals surface area contributed by atoms with Gasteiger partial charge in [-0.15, -0.1) is 0 Å². The third kappa shape index (κ3) is 2.21. The van der Waals surface area contributed by atoms with Crippen molar-refractivity contribution in [3.63, 3.8) is 0 Å². The monoisotopic (exact) mass is 344 g/mol. The molecule has 0 aliphatic carbocycles. The molecule has 3 rings (SSSR count). The minimum Gasteiger partial charge on any atom is -0.370 e. The summed E-state index contributed by atoms with van der Waals surface area (Å²) in [5, 5.41) is 4.25. The van der Waals surface area contributed by atoms with E-state index in [9.17, 15) is 0 Å². The van der Waals surface area contributed by atoms with E-state index in [1.807, 2.05) is 0 Å². The molecule has 0 radical (unpaired) electrons. The standard InChI is InChI=1S/C15H21BrO2S/c1-10(2)15-7-13(14(3,18-15)6-12(15)16)17-8-11-4-5-19-9-11/h4-5,9-10,12-13H,6-8H2,1-3H3. The molecule has 4 unspecified atom stereocenters. The fraction of sp³-hybridized carbons (Fsp3) is 0.733. The molecule has 0 amide bonds. The number of hydrogen-bond acceptors (Lipinski definition) is 3. The van der Waals surface area contributed by atoms with Crippen LogP contribution in [0.2, 0.25) is 0 Å². The Bertz CT molecular complexity index is 447. The Kier molecular flexibility index (Phi) is 3.57. The number of hydrogen-bond donors (Lipinski definition) is 0. The van der Waals surface area contributed by atoms with Crippen LogP contribution in [-0.4, -0.2) is 22.1 Å². The smallest absolute Gasteiger partial charge is 0.0936 e. The van der Waals surface area contributed by atoms with Crippen LogP contribution in [0.1, 0.15) is 39.2 Å². The van der Waals surface area contributed by atoms with Crippen molar-refractivity contribution in [3.8, 4) is 0 Å². The van der Waals surface area contributed by atoms with E-state index in [-0.39, 0.29) is 17.3 Å². The van der Waals surface area contributed by atoms with Crippen LogP contribution in [0.15, 0.2) is 16.8 Å². The molecule has 0 saturated carbocycles. The van der Waals surface area contributed by atoms with Crippen LogP contribution in [0.5, 0.6) is 0 Å². The zero-order chi connectivity index (χ0) is 13.7. The van der Waals surface area contributed by atoms with Gasteiger partial charge in [-0.2, -0.15) is 11.3 Å². The lowest BCUT2D eigenvalue weighted by atomic mass is 9.75. The van der Waals surface area contributed by atoms with Crippen molar-refractivity contribution in [1.29, 1.82) is 0 Å². The first-order valence-corrected chi connectivity index (χ1v) is 8.79. The Balaban J connectivity index is 1.72. The van der Waals surface area contributed by atoms with E-state index in [2.05, 4.69) is 53.5 Å². The quantitative estimate of drug-likeness (QED) is 0.755. The lowest BCUT2D eigenvalue weighted by Gasteiger charge is -2.35. The molecule has 2 bridgehead atoms. The van der Waals surface area contributed by atoms with Crippen LogP contribution in [0, 0.1) is 5.92 Å². The largest absolute Gasteiger partial charge is 0.370 e. The van der Waals surface area contributed by atoms with E-state index in [1.165, 1.54) is 5.56 Å². The number of halogens is 1. The molecule has 19 heavy (non-hydrogen) atoms. The van der Waals surface area contributed by atoms with E-state index < -0.39 is 0 Å². The zero-order valence-corrected chi connectivity index (χ0v) is 14.1. The van der Waals surface area contributed by atoms with Crippen LogP contribution in [0.4, 0.5) is 0 Å². The van der Waals surface area contributed by atoms with E-state index in [0.29, 0.717) is 17.4 Å². The molecule has 4 atom stereocenters. The van der Waals surface area contributed by atoms with Crippen molar-refractivity contribution >= 4 is 27.3 Å². The average molecular weight is 345 g/mol. The second kappa shape index (κ2) is 4.83. The minimum absolute atomic E-state index is 0.0476. The summed E-state index contributed by atoms with van der Waals surface area (Å²) >= 11 is 5.55. The van der Waals surface area contributed by atoms with E-state index in [4.69, 9.17) is 9.47 Å². The molecule has 0 spiro atoms. The fourth-order valence-electron chi connectivity index (χ4n) is 3.46. The van der Waals surface area contributed by atoms with Gasteiger partial charge in [0.25, 0.3) is 0 Å². The molecular weight excluding hydrogens is 324 g/mol. The molecule has 0 N–H and O–H groups in total.